The third kappa shape index (κ3) is 8.08. The maximum Gasteiger partial charge on any atom is 0.337 e. The van der Waals surface area contributed by atoms with Crippen LogP contribution in [0.2, 0.25) is 0 Å². The molecule has 0 fully saturated rings. The zero-order valence-corrected chi connectivity index (χ0v) is 8.28. The van der Waals surface area contributed by atoms with Crippen LogP contribution in [0.1, 0.15) is 6.92 Å². The number of nitrogens with zero attached hydrogens (tertiary/aromatic N) is 4. The Hall–Kier alpha value is -2.26. The van der Waals surface area contributed by atoms with Gasteiger partial charge in [0.15, 0.2) is 0 Å². The number of carbonyl (C=O) groups is 2. The summed E-state index contributed by atoms with van der Waals surface area (Å²) in [6.07, 6.45) is 0. The highest BCUT2D eigenvalue weighted by atomic mass is 16.3. The van der Waals surface area contributed by atoms with E-state index in [4.69, 9.17) is 0 Å². The molecule has 10 heteroatoms. The number of nitrogens with two attached hydrogens (primary N) is 2. The summed E-state index contributed by atoms with van der Waals surface area (Å²) in [7, 11) is 1.18. The molecule has 0 aromatic rings. The molecule has 10 nitrogen and oxygen atoms in total. The van der Waals surface area contributed by atoms with E-state index in [1.165, 1.54) is 7.05 Å². The van der Waals surface area contributed by atoms with Gasteiger partial charge in [0, 0.05) is 13.6 Å². The maximum atomic E-state index is 10.0. The second-order valence-electron chi connectivity index (χ2n) is 2.08. The minimum Gasteiger partial charge on any atom is -0.350 e. The zero-order valence-electron chi connectivity index (χ0n) is 8.28. The molecule has 0 saturated carbocycles. The van der Waals surface area contributed by atoms with E-state index in [0.29, 0.717) is 10.0 Å². The Bertz CT molecular complexity index is 244. The van der Waals surface area contributed by atoms with Crippen LogP contribution < -0.4 is 11.5 Å². The van der Waals surface area contributed by atoms with E-state index in [2.05, 4.69) is 22.0 Å². The molecule has 0 saturated heterocycles. The summed E-state index contributed by atoms with van der Waals surface area (Å²) in [6.45, 7) is 1.82. The van der Waals surface area contributed by atoms with Crippen LogP contribution >= 0.6 is 0 Å². The minimum atomic E-state index is -0.852. The van der Waals surface area contributed by atoms with Crippen LogP contribution in [0.5, 0.6) is 0 Å². The van der Waals surface area contributed by atoms with E-state index >= 15 is 0 Å². The Morgan fingerprint density at radius 1 is 1.13 bits per heavy atom. The molecule has 0 aliphatic carbocycles. The summed E-state index contributed by atoms with van der Waals surface area (Å²) >= 11 is 0. The quantitative estimate of drug-likeness (QED) is 0.497. The second-order valence-corrected chi connectivity index (χ2v) is 2.08. The van der Waals surface area contributed by atoms with Crippen molar-refractivity contribution in [3.05, 3.63) is 9.81 Å². The van der Waals surface area contributed by atoms with Crippen molar-refractivity contribution < 1.29 is 9.59 Å². The maximum absolute atomic E-state index is 10.0. The van der Waals surface area contributed by atoms with Crippen LogP contribution in [0.3, 0.4) is 0 Å². The number of carbonyl (C=O) groups excluding carboxylic acids is 2. The molecule has 86 valence electrons. The van der Waals surface area contributed by atoms with E-state index in [9.17, 15) is 19.4 Å². The van der Waals surface area contributed by atoms with E-state index in [-0.39, 0.29) is 6.54 Å². The monoisotopic (exact) mass is 220 g/mol. The molecule has 15 heavy (non-hydrogen) atoms. The van der Waals surface area contributed by atoms with E-state index in [0.717, 1.165) is 0 Å². The molecule has 0 aliphatic rings. The first kappa shape index (κ1) is 15.2. The summed E-state index contributed by atoms with van der Waals surface area (Å²) in [4.78, 5) is 38.7. The molecule has 0 rings (SSSR count). The Kier molecular flexibility index (Phi) is 8.47. The lowest BCUT2D eigenvalue weighted by atomic mass is 10.7. The number of amides is 4. The fraction of sp³-hybridized carbons (Fsp3) is 0.600. The molecule has 0 bridgehead atoms. The van der Waals surface area contributed by atoms with Gasteiger partial charge in [0.1, 0.15) is 0 Å². The van der Waals surface area contributed by atoms with Gasteiger partial charge in [0.25, 0.3) is 0 Å². The Balaban J connectivity index is 0. The van der Waals surface area contributed by atoms with Crippen LogP contribution in [-0.4, -0.2) is 35.7 Å². The predicted molar refractivity (Wildman–Crippen MR) is 50.9 cm³/mol. The van der Waals surface area contributed by atoms with Crippen LogP contribution in [0.25, 0.3) is 0 Å². The number of hydrogen-bond acceptors (Lipinski definition) is 6. The van der Waals surface area contributed by atoms with E-state index in [1.54, 1.807) is 6.92 Å². The van der Waals surface area contributed by atoms with Gasteiger partial charge in [-0.3, -0.25) is 0 Å². The van der Waals surface area contributed by atoms with Crippen molar-refractivity contribution in [3.63, 3.8) is 0 Å². The normalized spacial score (nSPS) is 7.87. The largest absolute Gasteiger partial charge is 0.350 e. The van der Waals surface area contributed by atoms with Gasteiger partial charge in [-0.1, -0.05) is 0 Å². The number of rotatable bonds is 3. The number of primary amides is 2. The van der Waals surface area contributed by atoms with Gasteiger partial charge in [-0.15, -0.1) is 9.81 Å². The fourth-order valence-electron chi connectivity index (χ4n) is 0.294. The van der Waals surface area contributed by atoms with Gasteiger partial charge in [-0.05, 0) is 6.92 Å². The van der Waals surface area contributed by atoms with Gasteiger partial charge in [0.05, 0.1) is 10.6 Å². The van der Waals surface area contributed by atoms with Crippen LogP contribution in [-0.2, 0) is 0 Å². The first-order chi connectivity index (χ1) is 6.90. The van der Waals surface area contributed by atoms with Crippen molar-refractivity contribution in [1.82, 2.24) is 10.0 Å². The summed E-state index contributed by atoms with van der Waals surface area (Å²) in [5.41, 5.74) is 9.19. The molecule has 0 aromatic carbocycles. The van der Waals surface area contributed by atoms with Crippen molar-refractivity contribution in [2.45, 2.75) is 6.92 Å². The average molecular weight is 220 g/mol. The van der Waals surface area contributed by atoms with Gasteiger partial charge in [-0.2, -0.15) is 10.0 Å². The summed E-state index contributed by atoms with van der Waals surface area (Å²) in [5.74, 6) is 0. The van der Waals surface area contributed by atoms with E-state index < -0.39 is 12.1 Å². The number of nitroso groups, excluding NO2 is 2. The van der Waals surface area contributed by atoms with Gasteiger partial charge in [-0.25, -0.2) is 9.59 Å². The lowest BCUT2D eigenvalue weighted by molar-refractivity contribution is 0.212. The van der Waals surface area contributed by atoms with Crippen LogP contribution in [0, 0.1) is 9.81 Å². The topological polar surface area (TPSA) is 152 Å². The third-order valence-corrected chi connectivity index (χ3v) is 1.09. The standard InChI is InChI=1S/C3H7N3O2.C2H5N3O2/c1-2-6(5-8)3(4)7;1-5(4-7)2(3)6/h2H2,1H3,(H2,4,7);1H3,(H2,3,6). The van der Waals surface area contributed by atoms with Crippen molar-refractivity contribution in [3.8, 4) is 0 Å². The molecular formula is C5H12N6O4. The molecule has 4 N–H and O–H groups in total. The summed E-state index contributed by atoms with van der Waals surface area (Å²) < 4.78 is 0. The molecule has 0 atom stereocenters. The summed E-state index contributed by atoms with van der Waals surface area (Å²) in [5, 5.41) is 5.64. The Morgan fingerprint density at radius 3 is 1.60 bits per heavy atom. The number of hydrogen-bond donors (Lipinski definition) is 2. The molecule has 0 spiro atoms. The van der Waals surface area contributed by atoms with E-state index in [1.807, 2.05) is 0 Å². The molecule has 0 radical (unpaired) electrons. The van der Waals surface area contributed by atoms with Crippen LogP contribution in [0.4, 0.5) is 9.59 Å². The third-order valence-electron chi connectivity index (χ3n) is 1.09. The van der Waals surface area contributed by atoms with Crippen LogP contribution in [0.15, 0.2) is 10.6 Å². The molecule has 0 unspecified atom stereocenters. The van der Waals surface area contributed by atoms with Crippen molar-refractivity contribution in [1.29, 1.82) is 0 Å². The smallest absolute Gasteiger partial charge is 0.337 e. The highest BCUT2D eigenvalue weighted by Crippen LogP contribution is 1.83. The first-order valence-electron chi connectivity index (χ1n) is 3.67. The van der Waals surface area contributed by atoms with Gasteiger partial charge in [0.2, 0.25) is 0 Å². The lowest BCUT2D eigenvalue weighted by Gasteiger charge is -2.03. The fourth-order valence-corrected chi connectivity index (χ4v) is 0.294. The zero-order chi connectivity index (χ0) is 12.4. The van der Waals surface area contributed by atoms with Gasteiger partial charge >= 0.3 is 12.1 Å². The molecule has 0 aliphatic heterocycles. The predicted octanol–water partition coefficient (Wildman–Crippen LogP) is -0.253. The highest BCUT2D eigenvalue weighted by Gasteiger charge is 2.03. The first-order valence-corrected chi connectivity index (χ1v) is 3.67. The molecule has 0 aromatic heterocycles. The second kappa shape index (κ2) is 8.34. The Labute approximate surface area is 85.1 Å². The molecule has 0 heterocycles. The number of urea groups is 2. The molecular weight excluding hydrogens is 208 g/mol. The molecule has 4 amide bonds. The highest BCUT2D eigenvalue weighted by molar-refractivity contribution is 5.71. The lowest BCUT2D eigenvalue weighted by Crippen LogP contribution is -2.30. The van der Waals surface area contributed by atoms with Crippen molar-refractivity contribution in [2.24, 2.45) is 22.0 Å². The SMILES string of the molecule is CCN(N=O)C(N)=O.CN(N=O)C(N)=O. The summed E-state index contributed by atoms with van der Waals surface area (Å²) in [6, 6.07) is -1.67. The average Bonchev–Trinajstić information content (AvgIpc) is 2.18. The van der Waals surface area contributed by atoms with Gasteiger partial charge < -0.3 is 11.5 Å². The Morgan fingerprint density at radius 2 is 1.60 bits per heavy atom. The minimum absolute atomic E-state index is 0.221. The van der Waals surface area contributed by atoms with Crippen molar-refractivity contribution >= 4 is 12.1 Å². The van der Waals surface area contributed by atoms with Crippen molar-refractivity contribution in [2.75, 3.05) is 13.6 Å².